The fourth-order valence-electron chi connectivity index (χ4n) is 5.06. The molecule has 5 rings (SSSR count). The van der Waals surface area contributed by atoms with Gasteiger partial charge in [0.15, 0.2) is 0 Å². The lowest BCUT2D eigenvalue weighted by atomic mass is 9.98. The van der Waals surface area contributed by atoms with Gasteiger partial charge in [-0.3, -0.25) is 4.79 Å². The highest BCUT2D eigenvalue weighted by molar-refractivity contribution is 6.08. The standard InChI is InChI=1S/C26H32FN3O3/c1-28-19-10-11-29(16-19)25-8-5-20(15-24(25)27)30-12-9-18-14-21(6-7-23(18)26(30)31)33-17-22-4-2-3-13-32-22/h5-8,14-15,19,22,28H,2-4,9-13,16-17H2,1H3/t19-,22?/m1/s1. The number of rotatable bonds is 6. The number of anilines is 2. The number of carbonyl (C=O) groups excluding carboxylic acids is 1. The molecule has 0 bridgehead atoms. The van der Waals surface area contributed by atoms with Crippen molar-refractivity contribution in [3.63, 3.8) is 0 Å². The summed E-state index contributed by atoms with van der Waals surface area (Å²) in [6.07, 6.45) is 5.18. The summed E-state index contributed by atoms with van der Waals surface area (Å²) in [6.45, 7) is 3.48. The minimum absolute atomic E-state index is 0.0954. The van der Waals surface area contributed by atoms with Gasteiger partial charge in [-0.05, 0) is 81.1 Å². The van der Waals surface area contributed by atoms with Crippen LogP contribution in [0.15, 0.2) is 36.4 Å². The van der Waals surface area contributed by atoms with E-state index in [1.54, 1.807) is 11.0 Å². The third-order valence-corrected chi connectivity index (χ3v) is 7.05. The Balaban J connectivity index is 1.26. The van der Waals surface area contributed by atoms with E-state index in [-0.39, 0.29) is 17.8 Å². The molecule has 0 aliphatic carbocycles. The third-order valence-electron chi connectivity index (χ3n) is 7.05. The summed E-state index contributed by atoms with van der Waals surface area (Å²) < 4.78 is 26.6. The molecular formula is C26H32FN3O3. The van der Waals surface area contributed by atoms with Crippen LogP contribution in [0.1, 0.15) is 41.6 Å². The third kappa shape index (κ3) is 4.70. The fraction of sp³-hybridized carbons (Fsp3) is 0.500. The minimum Gasteiger partial charge on any atom is -0.491 e. The molecule has 3 aliphatic heterocycles. The van der Waals surface area contributed by atoms with Crippen LogP contribution in [0.2, 0.25) is 0 Å². The summed E-state index contributed by atoms with van der Waals surface area (Å²) >= 11 is 0. The van der Waals surface area contributed by atoms with Gasteiger partial charge in [-0.1, -0.05) is 0 Å². The minimum atomic E-state index is -0.281. The summed E-state index contributed by atoms with van der Waals surface area (Å²) in [4.78, 5) is 16.9. The molecule has 2 aromatic carbocycles. The van der Waals surface area contributed by atoms with E-state index in [1.165, 1.54) is 12.5 Å². The Labute approximate surface area is 194 Å². The molecule has 3 heterocycles. The smallest absolute Gasteiger partial charge is 0.258 e. The Hall–Kier alpha value is -2.64. The maximum absolute atomic E-state index is 15.0. The number of hydrogen-bond donors (Lipinski definition) is 1. The van der Waals surface area contributed by atoms with Crippen molar-refractivity contribution < 1.29 is 18.7 Å². The van der Waals surface area contributed by atoms with Gasteiger partial charge < -0.3 is 24.6 Å². The molecule has 1 N–H and O–H groups in total. The molecule has 3 aliphatic rings. The molecule has 2 saturated heterocycles. The van der Waals surface area contributed by atoms with Crippen molar-refractivity contribution in [3.8, 4) is 5.75 Å². The lowest BCUT2D eigenvalue weighted by Gasteiger charge is -2.30. The summed E-state index contributed by atoms with van der Waals surface area (Å²) in [5.74, 6) is 0.392. The first-order valence-corrected chi connectivity index (χ1v) is 12.0. The van der Waals surface area contributed by atoms with Crippen LogP contribution in [0.4, 0.5) is 15.8 Å². The largest absolute Gasteiger partial charge is 0.491 e. The molecule has 0 spiro atoms. The van der Waals surface area contributed by atoms with Crippen molar-refractivity contribution in [1.29, 1.82) is 0 Å². The highest BCUT2D eigenvalue weighted by atomic mass is 19.1. The fourth-order valence-corrected chi connectivity index (χ4v) is 5.06. The van der Waals surface area contributed by atoms with Crippen LogP contribution in [-0.4, -0.2) is 57.9 Å². The Morgan fingerprint density at radius 2 is 2.06 bits per heavy atom. The second kappa shape index (κ2) is 9.69. The molecule has 0 saturated carbocycles. The number of amides is 1. The first-order valence-electron chi connectivity index (χ1n) is 12.0. The van der Waals surface area contributed by atoms with Crippen LogP contribution in [0.5, 0.6) is 5.75 Å². The van der Waals surface area contributed by atoms with Gasteiger partial charge in [0, 0.05) is 43.5 Å². The number of hydrogen-bond acceptors (Lipinski definition) is 5. The zero-order valence-electron chi connectivity index (χ0n) is 19.2. The molecule has 6 nitrogen and oxygen atoms in total. The van der Waals surface area contributed by atoms with Gasteiger partial charge in [0.05, 0.1) is 11.8 Å². The second-order valence-corrected chi connectivity index (χ2v) is 9.18. The monoisotopic (exact) mass is 453 g/mol. The van der Waals surface area contributed by atoms with Crippen LogP contribution in [0.25, 0.3) is 0 Å². The van der Waals surface area contributed by atoms with Crippen molar-refractivity contribution in [3.05, 3.63) is 53.3 Å². The Morgan fingerprint density at radius 3 is 2.82 bits per heavy atom. The molecule has 0 aromatic heterocycles. The van der Waals surface area contributed by atoms with Gasteiger partial charge >= 0.3 is 0 Å². The summed E-state index contributed by atoms with van der Waals surface area (Å²) in [5, 5.41) is 3.26. The maximum Gasteiger partial charge on any atom is 0.258 e. The van der Waals surface area contributed by atoms with Crippen LogP contribution >= 0.6 is 0 Å². The van der Waals surface area contributed by atoms with Gasteiger partial charge in [0.25, 0.3) is 5.91 Å². The molecule has 1 amide bonds. The Morgan fingerprint density at radius 1 is 1.15 bits per heavy atom. The van der Waals surface area contributed by atoms with E-state index in [2.05, 4.69) is 10.2 Å². The highest BCUT2D eigenvalue weighted by Crippen LogP contribution is 2.31. The predicted octanol–water partition coefficient (Wildman–Crippen LogP) is 3.77. The predicted molar refractivity (Wildman–Crippen MR) is 127 cm³/mol. The Bertz CT molecular complexity index is 1010. The number of carbonyl (C=O) groups is 1. The van der Waals surface area contributed by atoms with Gasteiger partial charge in [0.1, 0.15) is 18.2 Å². The average Bonchev–Trinajstić information content (AvgIpc) is 3.32. The molecule has 1 unspecified atom stereocenters. The quantitative estimate of drug-likeness (QED) is 0.722. The average molecular weight is 454 g/mol. The lowest BCUT2D eigenvalue weighted by molar-refractivity contribution is -0.0110. The molecular weight excluding hydrogens is 421 g/mol. The molecule has 7 heteroatoms. The number of likely N-dealkylation sites (N-methyl/N-ethyl adjacent to an activating group) is 1. The zero-order chi connectivity index (χ0) is 22.8. The molecule has 2 aromatic rings. The van der Waals surface area contributed by atoms with Crippen molar-refractivity contribution in [2.75, 3.05) is 49.7 Å². The first kappa shape index (κ1) is 22.2. The maximum atomic E-state index is 15.0. The number of benzene rings is 2. The van der Waals surface area contributed by atoms with E-state index >= 15 is 0 Å². The SMILES string of the molecule is CN[C@@H]1CCN(c2ccc(N3CCc4cc(OCC5CCCCO5)ccc4C3=O)cc2F)C1. The topological polar surface area (TPSA) is 54.0 Å². The van der Waals surface area contributed by atoms with Crippen LogP contribution in [0, 0.1) is 5.82 Å². The first-order chi connectivity index (χ1) is 16.1. The van der Waals surface area contributed by atoms with E-state index in [0.29, 0.717) is 42.6 Å². The molecule has 2 fully saturated rings. The normalized spacial score (nSPS) is 23.0. The van der Waals surface area contributed by atoms with E-state index in [9.17, 15) is 9.18 Å². The van der Waals surface area contributed by atoms with E-state index in [0.717, 1.165) is 50.3 Å². The summed E-state index contributed by atoms with van der Waals surface area (Å²) in [6, 6.07) is 11.2. The number of fused-ring (bicyclic) bond motifs is 1. The van der Waals surface area contributed by atoms with Crippen molar-refractivity contribution in [1.82, 2.24) is 5.32 Å². The summed E-state index contributed by atoms with van der Waals surface area (Å²) in [7, 11) is 1.94. The van der Waals surface area contributed by atoms with E-state index in [1.807, 2.05) is 31.3 Å². The highest BCUT2D eigenvalue weighted by Gasteiger charge is 2.28. The van der Waals surface area contributed by atoms with Gasteiger partial charge in [-0.25, -0.2) is 4.39 Å². The van der Waals surface area contributed by atoms with Crippen LogP contribution < -0.4 is 19.9 Å². The summed E-state index contributed by atoms with van der Waals surface area (Å²) in [5.41, 5.74) is 2.84. The van der Waals surface area contributed by atoms with E-state index < -0.39 is 0 Å². The van der Waals surface area contributed by atoms with E-state index in [4.69, 9.17) is 9.47 Å². The zero-order valence-corrected chi connectivity index (χ0v) is 19.2. The van der Waals surface area contributed by atoms with Crippen LogP contribution in [0.3, 0.4) is 0 Å². The number of nitrogens with zero attached hydrogens (tertiary/aromatic N) is 2. The van der Waals surface area contributed by atoms with Gasteiger partial charge in [-0.2, -0.15) is 0 Å². The molecule has 176 valence electrons. The van der Waals surface area contributed by atoms with Crippen molar-refractivity contribution in [2.24, 2.45) is 0 Å². The molecule has 33 heavy (non-hydrogen) atoms. The number of nitrogens with one attached hydrogen (secondary N) is 1. The molecule has 0 radical (unpaired) electrons. The number of halogens is 1. The van der Waals surface area contributed by atoms with Gasteiger partial charge in [0.2, 0.25) is 0 Å². The van der Waals surface area contributed by atoms with Gasteiger partial charge in [-0.15, -0.1) is 0 Å². The van der Waals surface area contributed by atoms with Crippen LogP contribution in [-0.2, 0) is 11.2 Å². The van der Waals surface area contributed by atoms with Crippen molar-refractivity contribution in [2.45, 2.75) is 44.2 Å². The second-order valence-electron chi connectivity index (χ2n) is 9.18. The number of ether oxygens (including phenoxy) is 2. The van der Waals surface area contributed by atoms with Crippen molar-refractivity contribution >= 4 is 17.3 Å². The Kier molecular flexibility index (Phi) is 6.51. The lowest BCUT2D eigenvalue weighted by Crippen LogP contribution is -2.37. The molecule has 2 atom stereocenters.